The molecule has 2 rings (SSSR count). The molecule has 1 aliphatic rings. The van der Waals surface area contributed by atoms with Gasteiger partial charge in [0, 0.05) is 16.6 Å². The summed E-state index contributed by atoms with van der Waals surface area (Å²) in [6.45, 7) is 4.51. The van der Waals surface area contributed by atoms with Gasteiger partial charge in [0.2, 0.25) is 0 Å². The van der Waals surface area contributed by atoms with Gasteiger partial charge in [-0.1, -0.05) is 11.8 Å². The highest BCUT2D eigenvalue weighted by atomic mass is 32.2. The number of halogens is 2. The monoisotopic (exact) mass is 300 g/mol. The minimum absolute atomic E-state index is 0.414. The lowest BCUT2D eigenvalue weighted by molar-refractivity contribution is 0.208. The molecule has 0 aliphatic carbocycles. The summed E-state index contributed by atoms with van der Waals surface area (Å²) in [6, 6.07) is 7.69. The maximum atomic E-state index is 12.2. The number of benzene rings is 1. The molecular formula is C15H22F2N2S. The minimum Gasteiger partial charge on any atom is -0.382 e. The van der Waals surface area contributed by atoms with E-state index in [4.69, 9.17) is 0 Å². The summed E-state index contributed by atoms with van der Waals surface area (Å²) in [7, 11) is 2.16. The Hall–Kier alpha value is -0.810. The molecule has 0 bridgehead atoms. The number of likely N-dealkylation sites (tertiary alicyclic amines) is 1. The molecule has 0 spiro atoms. The average molecular weight is 300 g/mol. The van der Waals surface area contributed by atoms with E-state index in [1.807, 2.05) is 12.1 Å². The van der Waals surface area contributed by atoms with Crippen LogP contribution in [0.15, 0.2) is 29.2 Å². The van der Waals surface area contributed by atoms with Gasteiger partial charge in [0.1, 0.15) is 0 Å². The van der Waals surface area contributed by atoms with Crippen LogP contribution >= 0.6 is 11.8 Å². The van der Waals surface area contributed by atoms with Crippen LogP contribution in [-0.4, -0.2) is 36.8 Å². The van der Waals surface area contributed by atoms with Crippen molar-refractivity contribution in [1.29, 1.82) is 0 Å². The molecule has 112 valence electrons. The van der Waals surface area contributed by atoms with Gasteiger partial charge >= 0.3 is 0 Å². The largest absolute Gasteiger partial charge is 0.382 e. The first-order valence-electron chi connectivity index (χ1n) is 7.04. The first-order valence-corrected chi connectivity index (χ1v) is 7.92. The number of piperidine rings is 1. The average Bonchev–Trinajstić information content (AvgIpc) is 2.41. The highest BCUT2D eigenvalue weighted by Crippen LogP contribution is 2.27. The van der Waals surface area contributed by atoms with Crippen LogP contribution in [0.5, 0.6) is 0 Å². The van der Waals surface area contributed by atoms with Gasteiger partial charge in [-0.15, -0.1) is 0 Å². The van der Waals surface area contributed by atoms with Crippen LogP contribution in [0.1, 0.15) is 19.8 Å². The summed E-state index contributed by atoms with van der Waals surface area (Å²) in [5, 5.41) is 3.49. The van der Waals surface area contributed by atoms with Crippen LogP contribution in [0, 0.1) is 5.92 Å². The Bertz CT molecular complexity index is 403. The zero-order chi connectivity index (χ0) is 14.5. The van der Waals surface area contributed by atoms with Gasteiger partial charge in [0.15, 0.2) is 0 Å². The zero-order valence-corrected chi connectivity index (χ0v) is 12.8. The van der Waals surface area contributed by atoms with Crippen molar-refractivity contribution in [3.8, 4) is 0 Å². The molecule has 1 atom stereocenters. The molecule has 1 aromatic carbocycles. The Kier molecular flexibility index (Phi) is 5.66. The molecular weight excluding hydrogens is 278 g/mol. The van der Waals surface area contributed by atoms with Gasteiger partial charge in [-0.2, -0.15) is 8.78 Å². The van der Waals surface area contributed by atoms with Crippen molar-refractivity contribution in [2.24, 2.45) is 5.92 Å². The topological polar surface area (TPSA) is 15.3 Å². The SMILES string of the molecule is CC(Nc1ccc(SC(F)F)cc1)C1CCN(C)CC1. The summed E-state index contributed by atoms with van der Waals surface area (Å²) in [5.74, 6) is -1.67. The molecule has 1 unspecified atom stereocenters. The minimum atomic E-state index is -2.35. The second kappa shape index (κ2) is 7.27. The number of hydrogen-bond donors (Lipinski definition) is 1. The Morgan fingerprint density at radius 1 is 1.20 bits per heavy atom. The summed E-state index contributed by atoms with van der Waals surface area (Å²) >= 11 is 0.588. The number of hydrogen-bond acceptors (Lipinski definition) is 3. The summed E-state index contributed by atoms with van der Waals surface area (Å²) in [4.78, 5) is 2.97. The van der Waals surface area contributed by atoms with Crippen LogP contribution in [0.2, 0.25) is 0 Å². The molecule has 2 nitrogen and oxygen atoms in total. The van der Waals surface area contributed by atoms with Gasteiger partial charge < -0.3 is 10.2 Å². The number of alkyl halides is 2. The van der Waals surface area contributed by atoms with Gasteiger partial charge in [0.25, 0.3) is 5.76 Å². The fourth-order valence-corrected chi connectivity index (χ4v) is 3.14. The van der Waals surface area contributed by atoms with Gasteiger partial charge in [0.05, 0.1) is 0 Å². The third kappa shape index (κ3) is 4.63. The third-order valence-electron chi connectivity index (χ3n) is 3.94. The van der Waals surface area contributed by atoms with Crippen molar-refractivity contribution in [3.63, 3.8) is 0 Å². The molecule has 1 saturated heterocycles. The zero-order valence-electron chi connectivity index (χ0n) is 12.0. The fraction of sp³-hybridized carbons (Fsp3) is 0.600. The lowest BCUT2D eigenvalue weighted by Crippen LogP contribution is -2.37. The number of nitrogens with zero attached hydrogens (tertiary/aromatic N) is 1. The van der Waals surface area contributed by atoms with Crippen LogP contribution < -0.4 is 5.32 Å². The standard InChI is InChI=1S/C15H22F2N2S/c1-11(12-7-9-19(2)10-8-12)18-13-3-5-14(6-4-13)20-15(16)17/h3-6,11-12,15,18H,7-10H2,1-2H3. The molecule has 1 N–H and O–H groups in total. The maximum absolute atomic E-state index is 12.2. The maximum Gasteiger partial charge on any atom is 0.288 e. The smallest absolute Gasteiger partial charge is 0.288 e. The number of nitrogens with one attached hydrogen (secondary N) is 1. The van der Waals surface area contributed by atoms with Crippen molar-refractivity contribution >= 4 is 17.4 Å². The van der Waals surface area contributed by atoms with Crippen molar-refractivity contribution in [3.05, 3.63) is 24.3 Å². The highest BCUT2D eigenvalue weighted by Gasteiger charge is 2.22. The number of thioether (sulfide) groups is 1. The molecule has 0 saturated carbocycles. The van der Waals surface area contributed by atoms with Crippen LogP contribution in [-0.2, 0) is 0 Å². The predicted octanol–water partition coefficient (Wildman–Crippen LogP) is 4.14. The highest BCUT2D eigenvalue weighted by molar-refractivity contribution is 7.99. The van der Waals surface area contributed by atoms with Gasteiger partial charge in [-0.05, 0) is 70.1 Å². The van der Waals surface area contributed by atoms with Crippen LogP contribution in [0.3, 0.4) is 0 Å². The molecule has 1 aliphatic heterocycles. The van der Waals surface area contributed by atoms with E-state index in [0.29, 0.717) is 28.6 Å². The molecule has 20 heavy (non-hydrogen) atoms. The van der Waals surface area contributed by atoms with Gasteiger partial charge in [-0.25, -0.2) is 0 Å². The second-order valence-electron chi connectivity index (χ2n) is 5.48. The van der Waals surface area contributed by atoms with E-state index in [9.17, 15) is 8.78 Å². The number of rotatable bonds is 5. The molecule has 5 heteroatoms. The van der Waals surface area contributed by atoms with Crippen LogP contribution in [0.4, 0.5) is 14.5 Å². The van der Waals surface area contributed by atoms with Gasteiger partial charge in [-0.3, -0.25) is 0 Å². The molecule has 0 aromatic heterocycles. The normalized spacial score (nSPS) is 19.2. The molecule has 1 heterocycles. The van der Waals surface area contributed by atoms with E-state index in [0.717, 1.165) is 18.8 Å². The van der Waals surface area contributed by atoms with Crippen molar-refractivity contribution < 1.29 is 8.78 Å². The van der Waals surface area contributed by atoms with Crippen molar-refractivity contribution in [1.82, 2.24) is 4.90 Å². The molecule has 0 amide bonds. The van der Waals surface area contributed by atoms with Crippen molar-refractivity contribution in [2.45, 2.75) is 36.5 Å². The Morgan fingerprint density at radius 2 is 1.80 bits per heavy atom. The third-order valence-corrected chi connectivity index (χ3v) is 4.67. The summed E-state index contributed by atoms with van der Waals surface area (Å²) in [6.07, 6.45) is 2.42. The second-order valence-corrected chi connectivity index (χ2v) is 6.54. The van der Waals surface area contributed by atoms with E-state index in [1.165, 1.54) is 12.8 Å². The van der Waals surface area contributed by atoms with E-state index in [-0.39, 0.29) is 0 Å². The first-order chi connectivity index (χ1) is 9.54. The van der Waals surface area contributed by atoms with E-state index in [1.54, 1.807) is 12.1 Å². The molecule has 1 aromatic rings. The summed E-state index contributed by atoms with van der Waals surface area (Å²) in [5.41, 5.74) is 1.01. The van der Waals surface area contributed by atoms with Crippen molar-refractivity contribution in [2.75, 3.05) is 25.5 Å². The fourth-order valence-electron chi connectivity index (χ4n) is 2.64. The first kappa shape index (κ1) is 15.6. The van der Waals surface area contributed by atoms with E-state index < -0.39 is 5.76 Å². The molecule has 0 radical (unpaired) electrons. The molecule has 1 fully saturated rings. The summed E-state index contributed by atoms with van der Waals surface area (Å²) < 4.78 is 24.5. The Labute approximate surface area is 123 Å². The number of anilines is 1. The lowest BCUT2D eigenvalue weighted by Gasteiger charge is -2.33. The quantitative estimate of drug-likeness (QED) is 0.823. The lowest BCUT2D eigenvalue weighted by atomic mass is 9.90. The predicted molar refractivity (Wildman–Crippen MR) is 81.6 cm³/mol. The Balaban J connectivity index is 1.86. The Morgan fingerprint density at radius 3 is 2.35 bits per heavy atom. The van der Waals surface area contributed by atoms with Crippen LogP contribution in [0.25, 0.3) is 0 Å². The van der Waals surface area contributed by atoms with E-state index >= 15 is 0 Å². The van der Waals surface area contributed by atoms with E-state index in [2.05, 4.69) is 24.2 Å².